The van der Waals surface area contributed by atoms with E-state index in [1.165, 1.54) is 6.21 Å². The van der Waals surface area contributed by atoms with Crippen LogP contribution in [0.1, 0.15) is 37.8 Å². The smallest absolute Gasteiger partial charge is 0.125 e. The van der Waals surface area contributed by atoms with Crippen molar-refractivity contribution in [1.82, 2.24) is 0 Å². The lowest BCUT2D eigenvalue weighted by Crippen LogP contribution is -2.05. The van der Waals surface area contributed by atoms with E-state index in [4.69, 9.17) is 37.9 Å². The summed E-state index contributed by atoms with van der Waals surface area (Å²) in [7, 11) is 0. The molecule has 6 heteroatoms. The highest BCUT2D eigenvalue weighted by molar-refractivity contribution is 6.55. The Labute approximate surface area is 147 Å². The van der Waals surface area contributed by atoms with Crippen molar-refractivity contribution in [3.05, 3.63) is 33.8 Å². The number of nitrogens with zero attached hydrogens (tertiary/aromatic N) is 1. The molecule has 0 amide bonds. The minimum atomic E-state index is 0.197. The molecule has 1 aromatic carbocycles. The molecule has 0 radical (unpaired) electrons. The molecule has 0 aliphatic heterocycles. The summed E-state index contributed by atoms with van der Waals surface area (Å²) in [6.45, 7) is 5.07. The molecule has 128 valence electrons. The lowest BCUT2D eigenvalue weighted by molar-refractivity contribution is 0.302. The first-order chi connectivity index (χ1) is 11.1. The van der Waals surface area contributed by atoms with Crippen molar-refractivity contribution in [3.63, 3.8) is 0 Å². The van der Waals surface area contributed by atoms with Crippen molar-refractivity contribution < 1.29 is 14.7 Å². The van der Waals surface area contributed by atoms with Crippen LogP contribution in [0.25, 0.3) is 0 Å². The Morgan fingerprint density at radius 2 is 1.83 bits per heavy atom. The van der Waals surface area contributed by atoms with E-state index in [2.05, 4.69) is 19.0 Å². The lowest BCUT2D eigenvalue weighted by atomic mass is 10.0. The Morgan fingerprint density at radius 1 is 1.17 bits per heavy atom. The van der Waals surface area contributed by atoms with Crippen LogP contribution in [0.2, 0.25) is 0 Å². The molecule has 0 aliphatic carbocycles. The summed E-state index contributed by atoms with van der Waals surface area (Å²) in [4.78, 5) is 0. The Morgan fingerprint density at radius 3 is 2.35 bits per heavy atom. The van der Waals surface area contributed by atoms with Gasteiger partial charge in [-0.15, -0.1) is 5.16 Å². The van der Waals surface area contributed by atoms with E-state index < -0.39 is 0 Å². The highest BCUT2D eigenvalue weighted by Crippen LogP contribution is 2.31. The fourth-order valence-corrected chi connectivity index (χ4v) is 2.25. The maximum atomic E-state index is 8.38. The number of aryl methyl sites for hydroxylation is 2. The Kier molecular flexibility index (Phi) is 9.57. The number of rotatable bonds is 10. The van der Waals surface area contributed by atoms with Gasteiger partial charge in [0.1, 0.15) is 22.6 Å². The minimum Gasteiger partial charge on any atom is -0.493 e. The number of halogens is 2. The number of hydrogen-bond acceptors (Lipinski definition) is 4. The highest BCUT2D eigenvalue weighted by Gasteiger charge is 2.11. The third-order valence-corrected chi connectivity index (χ3v) is 3.58. The van der Waals surface area contributed by atoms with Crippen LogP contribution < -0.4 is 9.47 Å². The van der Waals surface area contributed by atoms with Crippen LogP contribution in [0.15, 0.2) is 27.9 Å². The van der Waals surface area contributed by atoms with Gasteiger partial charge < -0.3 is 14.7 Å². The molecule has 0 atom stereocenters. The molecule has 0 fully saturated rings. The Balaban J connectivity index is 2.82. The van der Waals surface area contributed by atoms with Gasteiger partial charge in [0.15, 0.2) is 0 Å². The minimum absolute atomic E-state index is 0.197. The maximum Gasteiger partial charge on any atom is 0.125 e. The van der Waals surface area contributed by atoms with Crippen LogP contribution in [-0.2, 0) is 12.8 Å². The first-order valence-electron chi connectivity index (χ1n) is 7.70. The summed E-state index contributed by atoms with van der Waals surface area (Å²) in [5.74, 6) is 1.71. The van der Waals surface area contributed by atoms with Crippen LogP contribution in [0, 0.1) is 0 Å². The molecule has 0 aromatic heterocycles. The average molecular weight is 360 g/mol. The summed E-state index contributed by atoms with van der Waals surface area (Å²) < 4.78 is 11.8. The number of hydrogen-bond donors (Lipinski definition) is 1. The van der Waals surface area contributed by atoms with E-state index in [1.54, 1.807) is 6.08 Å². The van der Waals surface area contributed by atoms with Gasteiger partial charge in [-0.2, -0.15) is 0 Å². The van der Waals surface area contributed by atoms with Crippen molar-refractivity contribution in [2.75, 3.05) is 13.2 Å². The summed E-state index contributed by atoms with van der Waals surface area (Å²) in [5, 5.41) is 11.4. The third-order valence-electron chi connectivity index (χ3n) is 3.27. The fourth-order valence-electron chi connectivity index (χ4n) is 2.12. The number of ether oxygens (including phenoxy) is 2. The van der Waals surface area contributed by atoms with Gasteiger partial charge in [-0.05, 0) is 55.0 Å². The van der Waals surface area contributed by atoms with E-state index in [1.807, 2.05) is 12.1 Å². The van der Waals surface area contributed by atoms with Gasteiger partial charge in [0.2, 0.25) is 0 Å². The maximum absolute atomic E-state index is 8.38. The van der Waals surface area contributed by atoms with Gasteiger partial charge in [-0.1, -0.05) is 37.0 Å². The fraction of sp³-hybridized carbons (Fsp3) is 0.471. The van der Waals surface area contributed by atoms with Gasteiger partial charge in [-0.25, -0.2) is 0 Å². The van der Waals surface area contributed by atoms with Crippen LogP contribution in [0.4, 0.5) is 0 Å². The van der Waals surface area contributed by atoms with Crippen molar-refractivity contribution in [2.45, 2.75) is 39.5 Å². The third kappa shape index (κ3) is 7.14. The predicted octanol–water partition coefficient (Wildman–Crippen LogP) is 5.13. The summed E-state index contributed by atoms with van der Waals surface area (Å²) in [6, 6.07) is 3.97. The molecule has 1 N–H and O–H groups in total. The van der Waals surface area contributed by atoms with Gasteiger partial charge in [0, 0.05) is 6.21 Å². The van der Waals surface area contributed by atoms with Gasteiger partial charge >= 0.3 is 0 Å². The highest BCUT2D eigenvalue weighted by atomic mass is 35.5. The molecule has 0 bridgehead atoms. The van der Waals surface area contributed by atoms with Crippen molar-refractivity contribution in [1.29, 1.82) is 0 Å². The topological polar surface area (TPSA) is 51.0 Å². The average Bonchev–Trinajstić information content (AvgIpc) is 2.54. The lowest BCUT2D eigenvalue weighted by Gasteiger charge is -2.16. The second-order valence-electron chi connectivity index (χ2n) is 4.87. The molecule has 1 rings (SSSR count). The second kappa shape index (κ2) is 11.2. The molecule has 23 heavy (non-hydrogen) atoms. The van der Waals surface area contributed by atoms with E-state index >= 15 is 0 Å². The summed E-state index contributed by atoms with van der Waals surface area (Å²) in [6.07, 6.45) is 6.26. The first-order valence-corrected chi connectivity index (χ1v) is 8.46. The largest absolute Gasteiger partial charge is 0.493 e. The van der Waals surface area contributed by atoms with Crippen LogP contribution in [0.3, 0.4) is 0 Å². The Hall–Kier alpha value is -1.39. The van der Waals surface area contributed by atoms with Crippen molar-refractivity contribution in [2.24, 2.45) is 5.16 Å². The first kappa shape index (κ1) is 19.7. The number of oxime groups is 1. The van der Waals surface area contributed by atoms with Crippen molar-refractivity contribution in [3.8, 4) is 11.5 Å². The van der Waals surface area contributed by atoms with Gasteiger partial charge in [0.05, 0.1) is 6.61 Å². The number of unbranched alkanes of at least 4 members (excludes halogenated alkanes) is 1. The van der Waals surface area contributed by atoms with Crippen LogP contribution in [-0.4, -0.2) is 24.6 Å². The second-order valence-corrected chi connectivity index (χ2v) is 5.88. The molecule has 1 aromatic rings. The zero-order valence-corrected chi connectivity index (χ0v) is 15.0. The number of benzene rings is 1. The molecule has 4 nitrogen and oxygen atoms in total. The van der Waals surface area contributed by atoms with Crippen molar-refractivity contribution >= 4 is 29.4 Å². The molecule has 0 aliphatic rings. The van der Waals surface area contributed by atoms with Gasteiger partial charge in [-0.3, -0.25) is 0 Å². The molecule has 0 saturated carbocycles. The normalized spacial score (nSPS) is 10.8. The molecule has 0 unspecified atom stereocenters. The standard InChI is InChI=1S/C17H23Cl2NO3/c1-3-13-11-15(22-10-7-16(18)19)12-14(4-2)17(13)23-9-6-5-8-20-21/h7-8,11-12,21H,3-6,9-10H2,1-2H3. The molecule has 0 heterocycles. The molecule has 0 saturated heterocycles. The molecular formula is C17H23Cl2NO3. The van der Waals surface area contributed by atoms with E-state index in [-0.39, 0.29) is 4.49 Å². The van der Waals surface area contributed by atoms with E-state index in [9.17, 15) is 0 Å². The van der Waals surface area contributed by atoms with E-state index in [0.29, 0.717) is 19.6 Å². The van der Waals surface area contributed by atoms with Gasteiger partial charge in [0.25, 0.3) is 0 Å². The quantitative estimate of drug-likeness (QED) is 0.272. The monoisotopic (exact) mass is 359 g/mol. The van der Waals surface area contributed by atoms with Crippen LogP contribution in [0.5, 0.6) is 11.5 Å². The molecular weight excluding hydrogens is 337 g/mol. The zero-order chi connectivity index (χ0) is 17.1. The predicted molar refractivity (Wildman–Crippen MR) is 95.5 cm³/mol. The molecule has 0 spiro atoms. The van der Waals surface area contributed by atoms with Crippen LogP contribution >= 0.6 is 23.2 Å². The summed E-state index contributed by atoms with van der Waals surface area (Å²) in [5.41, 5.74) is 2.22. The SMILES string of the molecule is CCc1cc(OCC=C(Cl)Cl)cc(CC)c1OCCCC=NO. The zero-order valence-electron chi connectivity index (χ0n) is 13.5. The Bertz CT molecular complexity index is 516. The van der Waals surface area contributed by atoms with E-state index in [0.717, 1.165) is 41.9 Å². The summed E-state index contributed by atoms with van der Waals surface area (Å²) >= 11 is 11.2.